The second-order valence-electron chi connectivity index (χ2n) is 4.76. The Bertz CT molecular complexity index is 633. The molecule has 0 N–H and O–H groups in total. The van der Waals surface area contributed by atoms with Crippen LogP contribution in [0, 0.1) is 6.92 Å². The summed E-state index contributed by atoms with van der Waals surface area (Å²) in [4.78, 5) is 11.9. The summed E-state index contributed by atoms with van der Waals surface area (Å²) in [5.41, 5.74) is 1.50. The van der Waals surface area contributed by atoms with Gasteiger partial charge >= 0.3 is 5.97 Å². The van der Waals surface area contributed by atoms with E-state index in [9.17, 15) is 9.18 Å². The highest BCUT2D eigenvalue weighted by molar-refractivity contribution is 5.95. The predicted molar refractivity (Wildman–Crippen MR) is 69.8 cm³/mol. The van der Waals surface area contributed by atoms with Crippen molar-refractivity contribution in [3.8, 4) is 0 Å². The molecule has 0 amide bonds. The molecule has 3 heteroatoms. The third kappa shape index (κ3) is 1.65. The number of hydrogen-bond acceptors (Lipinski definition) is 2. The van der Waals surface area contributed by atoms with E-state index >= 15 is 0 Å². The fourth-order valence-corrected chi connectivity index (χ4v) is 2.50. The summed E-state index contributed by atoms with van der Waals surface area (Å²) in [5.74, 6) is -0.464. The Morgan fingerprint density at radius 1 is 1.11 bits per heavy atom. The monoisotopic (exact) mass is 256 g/mol. The topological polar surface area (TPSA) is 26.3 Å². The molecule has 3 rings (SSSR count). The highest BCUT2D eigenvalue weighted by Crippen LogP contribution is 2.42. The molecule has 1 aliphatic heterocycles. The summed E-state index contributed by atoms with van der Waals surface area (Å²) < 4.78 is 19.1. The average Bonchev–Trinajstić information content (AvgIpc) is 2.74. The minimum absolute atomic E-state index is 0.445. The van der Waals surface area contributed by atoms with Crippen molar-refractivity contribution < 1.29 is 13.9 Å². The molecule has 2 nitrogen and oxygen atoms in total. The highest BCUT2D eigenvalue weighted by atomic mass is 19.1. The van der Waals surface area contributed by atoms with Gasteiger partial charge in [0.25, 0.3) is 0 Å². The van der Waals surface area contributed by atoms with Crippen LogP contribution < -0.4 is 0 Å². The smallest absolute Gasteiger partial charge is 0.339 e. The molecule has 0 saturated heterocycles. The zero-order chi connectivity index (χ0) is 13.5. The van der Waals surface area contributed by atoms with Crippen LogP contribution in [0.1, 0.15) is 27.0 Å². The lowest BCUT2D eigenvalue weighted by atomic mass is 9.86. The molecule has 0 aliphatic carbocycles. The maximum atomic E-state index is 13.7. The number of ether oxygens (including phenoxy) is 1. The predicted octanol–water partition coefficient (Wildman–Crippen LogP) is 3.38. The number of cyclic esters (lactones) is 1. The summed E-state index contributed by atoms with van der Waals surface area (Å²) in [6.45, 7) is 1.19. The SMILES string of the molecule is Cc1ccc(C2(CF)OC(=O)c3ccccc32)cc1. The first kappa shape index (κ1) is 11.9. The van der Waals surface area contributed by atoms with Crippen LogP contribution in [0.5, 0.6) is 0 Å². The molecule has 0 bridgehead atoms. The van der Waals surface area contributed by atoms with Gasteiger partial charge < -0.3 is 4.74 Å². The Kier molecular flexibility index (Phi) is 2.63. The van der Waals surface area contributed by atoms with Gasteiger partial charge in [-0.3, -0.25) is 0 Å². The van der Waals surface area contributed by atoms with Gasteiger partial charge in [-0.15, -0.1) is 0 Å². The zero-order valence-electron chi connectivity index (χ0n) is 10.5. The number of alkyl halides is 1. The van der Waals surface area contributed by atoms with Crippen molar-refractivity contribution in [2.45, 2.75) is 12.5 Å². The van der Waals surface area contributed by atoms with Crippen molar-refractivity contribution in [1.29, 1.82) is 0 Å². The molecule has 1 atom stereocenters. The normalized spacial score (nSPS) is 21.1. The molecular weight excluding hydrogens is 243 g/mol. The van der Waals surface area contributed by atoms with Crippen molar-refractivity contribution in [1.82, 2.24) is 0 Å². The minimum Gasteiger partial charge on any atom is -0.443 e. The van der Waals surface area contributed by atoms with E-state index in [1.165, 1.54) is 0 Å². The largest absolute Gasteiger partial charge is 0.443 e. The number of halogens is 1. The summed E-state index contributed by atoms with van der Waals surface area (Å²) in [6.07, 6.45) is 0. The zero-order valence-corrected chi connectivity index (χ0v) is 10.5. The van der Waals surface area contributed by atoms with E-state index in [0.717, 1.165) is 5.56 Å². The van der Waals surface area contributed by atoms with Crippen molar-refractivity contribution >= 4 is 5.97 Å². The van der Waals surface area contributed by atoms with E-state index < -0.39 is 18.2 Å². The molecule has 19 heavy (non-hydrogen) atoms. The van der Waals surface area contributed by atoms with Crippen LogP contribution in [0.2, 0.25) is 0 Å². The van der Waals surface area contributed by atoms with Crippen LogP contribution in [0.3, 0.4) is 0 Å². The molecule has 1 heterocycles. The standard InChI is InChI=1S/C16H13FO2/c1-11-6-8-12(9-7-11)16(10-17)14-5-3-2-4-13(14)15(18)19-16/h2-9H,10H2,1H3. The fourth-order valence-electron chi connectivity index (χ4n) is 2.50. The maximum absolute atomic E-state index is 13.7. The van der Waals surface area contributed by atoms with E-state index in [-0.39, 0.29) is 0 Å². The summed E-state index contributed by atoms with van der Waals surface area (Å²) in [7, 11) is 0. The molecule has 96 valence electrons. The first-order valence-electron chi connectivity index (χ1n) is 6.13. The van der Waals surface area contributed by atoms with Gasteiger partial charge in [-0.05, 0) is 13.0 Å². The van der Waals surface area contributed by atoms with E-state index in [0.29, 0.717) is 16.7 Å². The number of carbonyl (C=O) groups is 1. The Balaban J connectivity index is 2.21. The van der Waals surface area contributed by atoms with Gasteiger partial charge in [0.1, 0.15) is 6.67 Å². The number of hydrogen-bond donors (Lipinski definition) is 0. The Morgan fingerprint density at radius 3 is 2.47 bits per heavy atom. The summed E-state index contributed by atoms with van der Waals surface area (Å²) in [6, 6.07) is 14.4. The van der Waals surface area contributed by atoms with Gasteiger partial charge in [0.05, 0.1) is 5.56 Å². The van der Waals surface area contributed by atoms with Gasteiger partial charge in [-0.2, -0.15) is 0 Å². The van der Waals surface area contributed by atoms with Crippen LogP contribution in [0.15, 0.2) is 48.5 Å². The Morgan fingerprint density at radius 2 is 1.79 bits per heavy atom. The van der Waals surface area contributed by atoms with Crippen molar-refractivity contribution in [2.24, 2.45) is 0 Å². The minimum atomic E-state index is -1.29. The highest BCUT2D eigenvalue weighted by Gasteiger charge is 2.47. The lowest BCUT2D eigenvalue weighted by Crippen LogP contribution is -2.30. The molecule has 1 unspecified atom stereocenters. The molecule has 0 fully saturated rings. The third-order valence-corrected chi connectivity index (χ3v) is 3.56. The van der Waals surface area contributed by atoms with Crippen LogP contribution >= 0.6 is 0 Å². The first-order valence-corrected chi connectivity index (χ1v) is 6.13. The molecule has 0 aromatic heterocycles. The number of benzene rings is 2. The van der Waals surface area contributed by atoms with Crippen LogP contribution in [0.25, 0.3) is 0 Å². The summed E-state index contributed by atoms with van der Waals surface area (Å²) >= 11 is 0. The second kappa shape index (κ2) is 4.19. The van der Waals surface area contributed by atoms with Crippen molar-refractivity contribution in [2.75, 3.05) is 6.67 Å². The van der Waals surface area contributed by atoms with Crippen LogP contribution in [-0.2, 0) is 10.3 Å². The number of esters is 1. The van der Waals surface area contributed by atoms with E-state index in [4.69, 9.17) is 4.74 Å². The molecule has 0 saturated carbocycles. The lowest BCUT2D eigenvalue weighted by molar-refractivity contribution is 0.000390. The van der Waals surface area contributed by atoms with E-state index in [2.05, 4.69) is 0 Å². The molecule has 2 aromatic rings. The molecule has 2 aromatic carbocycles. The van der Waals surface area contributed by atoms with Gasteiger partial charge in [-0.1, -0.05) is 48.0 Å². The van der Waals surface area contributed by atoms with Crippen LogP contribution in [0.4, 0.5) is 4.39 Å². The van der Waals surface area contributed by atoms with Gasteiger partial charge in [0, 0.05) is 11.1 Å². The van der Waals surface area contributed by atoms with Gasteiger partial charge in [-0.25, -0.2) is 9.18 Å². The number of aryl methyl sites for hydroxylation is 1. The average molecular weight is 256 g/mol. The van der Waals surface area contributed by atoms with Crippen molar-refractivity contribution in [3.63, 3.8) is 0 Å². The molecular formula is C16H13FO2. The second-order valence-corrected chi connectivity index (χ2v) is 4.76. The van der Waals surface area contributed by atoms with Gasteiger partial charge in [0.2, 0.25) is 0 Å². The molecule has 0 spiro atoms. The van der Waals surface area contributed by atoms with E-state index in [1.807, 2.05) is 31.2 Å². The van der Waals surface area contributed by atoms with Gasteiger partial charge in [0.15, 0.2) is 5.60 Å². The maximum Gasteiger partial charge on any atom is 0.339 e. The quantitative estimate of drug-likeness (QED) is 0.770. The Hall–Kier alpha value is -2.16. The molecule has 1 aliphatic rings. The van der Waals surface area contributed by atoms with Crippen molar-refractivity contribution in [3.05, 3.63) is 70.8 Å². The lowest BCUT2D eigenvalue weighted by Gasteiger charge is -2.26. The summed E-state index contributed by atoms with van der Waals surface area (Å²) in [5, 5.41) is 0. The first-order chi connectivity index (χ1) is 9.17. The fraction of sp³-hybridized carbons (Fsp3) is 0.188. The van der Waals surface area contributed by atoms with Crippen LogP contribution in [-0.4, -0.2) is 12.6 Å². The number of carbonyl (C=O) groups excluding carboxylic acids is 1. The van der Waals surface area contributed by atoms with E-state index in [1.54, 1.807) is 24.3 Å². The third-order valence-electron chi connectivity index (χ3n) is 3.56. The Labute approximate surface area is 110 Å². The molecule has 0 radical (unpaired) electrons. The number of fused-ring (bicyclic) bond motifs is 1. The number of rotatable bonds is 2.